The van der Waals surface area contributed by atoms with Crippen molar-refractivity contribution >= 4 is 17.6 Å². The van der Waals surface area contributed by atoms with Gasteiger partial charge in [0.2, 0.25) is 0 Å². The van der Waals surface area contributed by atoms with E-state index in [1.165, 1.54) is 7.11 Å². The Labute approximate surface area is 147 Å². The third kappa shape index (κ3) is 4.98. The maximum atomic E-state index is 11.7. The van der Waals surface area contributed by atoms with Crippen LogP contribution >= 0.6 is 11.6 Å². The molecule has 0 aliphatic carbocycles. The second kappa shape index (κ2) is 8.71. The highest BCUT2D eigenvalue weighted by Gasteiger charge is 2.10. The summed E-state index contributed by atoms with van der Waals surface area (Å²) in [6.45, 7) is 3.52. The van der Waals surface area contributed by atoms with Crippen molar-refractivity contribution in [1.29, 1.82) is 0 Å². The summed E-state index contributed by atoms with van der Waals surface area (Å²) in [4.78, 5) is 11.7. The first kappa shape index (κ1) is 18.3. The highest BCUT2D eigenvalue weighted by molar-refractivity contribution is 6.30. The van der Waals surface area contributed by atoms with Crippen molar-refractivity contribution in [3.05, 3.63) is 63.7 Å². The normalized spacial score (nSPS) is 10.5. The number of carbonyl (C=O) groups excluding carboxylic acids is 1. The fourth-order valence-corrected chi connectivity index (χ4v) is 2.90. The molecule has 2 aromatic rings. The minimum absolute atomic E-state index is 0.346. The van der Waals surface area contributed by atoms with Crippen molar-refractivity contribution in [1.82, 2.24) is 5.32 Å². The highest BCUT2D eigenvalue weighted by Crippen LogP contribution is 2.21. The van der Waals surface area contributed by atoms with Gasteiger partial charge in [-0.1, -0.05) is 17.7 Å². The first-order valence-corrected chi connectivity index (χ1v) is 8.13. The Morgan fingerprint density at radius 3 is 2.62 bits per heavy atom. The van der Waals surface area contributed by atoms with Crippen LogP contribution < -0.4 is 10.1 Å². The molecular weight excluding hydrogens is 326 g/mol. The average molecular weight is 348 g/mol. The Balaban J connectivity index is 1.96. The second-order valence-electron chi connectivity index (χ2n) is 5.58. The molecule has 0 unspecified atom stereocenters. The molecule has 0 aromatic heterocycles. The van der Waals surface area contributed by atoms with Crippen molar-refractivity contribution in [3.63, 3.8) is 0 Å². The van der Waals surface area contributed by atoms with E-state index in [1.807, 2.05) is 25.1 Å². The third-order valence-corrected chi connectivity index (χ3v) is 3.92. The van der Waals surface area contributed by atoms with Gasteiger partial charge in [0.1, 0.15) is 5.75 Å². The summed E-state index contributed by atoms with van der Waals surface area (Å²) in [5.41, 5.74) is 3.79. The molecule has 0 bridgehead atoms. The standard InChI is InChI=1S/C19H22ClNO3/c1-13-8-14(10-17(20)9-13)12-21-7-6-15-11-16(19(22)24-3)4-5-18(15)23-2/h4-5,8-11,21H,6-7,12H2,1-3H3. The fourth-order valence-electron chi connectivity index (χ4n) is 2.59. The average Bonchev–Trinajstić information content (AvgIpc) is 2.57. The molecule has 24 heavy (non-hydrogen) atoms. The van der Waals surface area contributed by atoms with Crippen LogP contribution in [0.15, 0.2) is 36.4 Å². The van der Waals surface area contributed by atoms with Crippen LogP contribution in [0.2, 0.25) is 5.02 Å². The van der Waals surface area contributed by atoms with Gasteiger partial charge in [-0.3, -0.25) is 0 Å². The summed E-state index contributed by atoms with van der Waals surface area (Å²) in [5, 5.41) is 4.14. The van der Waals surface area contributed by atoms with Crippen LogP contribution in [0.4, 0.5) is 0 Å². The van der Waals surface area contributed by atoms with Gasteiger partial charge < -0.3 is 14.8 Å². The Morgan fingerprint density at radius 1 is 1.17 bits per heavy atom. The summed E-state index contributed by atoms with van der Waals surface area (Å²) in [7, 11) is 3.00. The topological polar surface area (TPSA) is 47.6 Å². The molecule has 0 spiro atoms. The van der Waals surface area contributed by atoms with Crippen molar-refractivity contribution in [2.75, 3.05) is 20.8 Å². The van der Waals surface area contributed by atoms with Gasteiger partial charge in [0.25, 0.3) is 0 Å². The quantitative estimate of drug-likeness (QED) is 0.611. The molecule has 0 amide bonds. The third-order valence-electron chi connectivity index (χ3n) is 3.70. The van der Waals surface area contributed by atoms with E-state index in [0.717, 1.165) is 47.0 Å². The lowest BCUT2D eigenvalue weighted by Gasteiger charge is -2.11. The fraction of sp³-hybridized carbons (Fsp3) is 0.316. The molecule has 0 aliphatic heterocycles. The number of halogens is 1. The number of aryl methyl sites for hydroxylation is 1. The smallest absolute Gasteiger partial charge is 0.337 e. The zero-order valence-electron chi connectivity index (χ0n) is 14.2. The zero-order chi connectivity index (χ0) is 17.5. The van der Waals surface area contributed by atoms with E-state index in [9.17, 15) is 4.79 Å². The van der Waals surface area contributed by atoms with Crippen molar-refractivity contribution in [2.45, 2.75) is 19.9 Å². The van der Waals surface area contributed by atoms with Crippen molar-refractivity contribution in [2.24, 2.45) is 0 Å². The molecule has 5 heteroatoms. The first-order chi connectivity index (χ1) is 11.5. The number of carbonyl (C=O) groups is 1. The number of rotatable bonds is 7. The molecule has 4 nitrogen and oxygen atoms in total. The Bertz CT molecular complexity index is 696. The minimum atomic E-state index is -0.346. The number of methoxy groups -OCH3 is 2. The lowest BCUT2D eigenvalue weighted by Crippen LogP contribution is -2.17. The summed E-state index contributed by atoms with van der Waals surface area (Å²) in [6.07, 6.45) is 0.744. The number of nitrogens with one attached hydrogen (secondary N) is 1. The molecule has 2 aromatic carbocycles. The van der Waals surface area contributed by atoms with Gasteiger partial charge >= 0.3 is 5.97 Å². The highest BCUT2D eigenvalue weighted by atomic mass is 35.5. The van der Waals surface area contributed by atoms with Gasteiger partial charge in [-0.2, -0.15) is 0 Å². The minimum Gasteiger partial charge on any atom is -0.496 e. The molecule has 0 atom stereocenters. The second-order valence-corrected chi connectivity index (χ2v) is 6.02. The van der Waals surface area contributed by atoms with Gasteiger partial charge in [0.05, 0.1) is 19.8 Å². The van der Waals surface area contributed by atoms with E-state index in [-0.39, 0.29) is 5.97 Å². The van der Waals surface area contributed by atoms with Crippen LogP contribution in [0.3, 0.4) is 0 Å². The lowest BCUT2D eigenvalue weighted by atomic mass is 10.1. The number of esters is 1. The van der Waals surface area contributed by atoms with E-state index in [2.05, 4.69) is 11.4 Å². The first-order valence-electron chi connectivity index (χ1n) is 7.75. The van der Waals surface area contributed by atoms with Crippen LogP contribution in [-0.2, 0) is 17.7 Å². The number of benzene rings is 2. The van der Waals surface area contributed by atoms with E-state index >= 15 is 0 Å². The maximum Gasteiger partial charge on any atom is 0.337 e. The van der Waals surface area contributed by atoms with Crippen LogP contribution in [0.1, 0.15) is 27.0 Å². The van der Waals surface area contributed by atoms with E-state index in [0.29, 0.717) is 5.56 Å². The Kier molecular flexibility index (Phi) is 6.64. The molecule has 0 saturated carbocycles. The molecule has 2 rings (SSSR count). The largest absolute Gasteiger partial charge is 0.496 e. The number of hydrogen-bond acceptors (Lipinski definition) is 4. The molecule has 0 saturated heterocycles. The van der Waals surface area contributed by atoms with Gasteiger partial charge in [0.15, 0.2) is 0 Å². The predicted octanol–water partition coefficient (Wildman–Crippen LogP) is 3.78. The lowest BCUT2D eigenvalue weighted by molar-refractivity contribution is 0.0600. The summed E-state index contributed by atoms with van der Waals surface area (Å²) in [5.74, 6) is 0.421. The molecule has 1 N–H and O–H groups in total. The molecule has 0 fully saturated rings. The van der Waals surface area contributed by atoms with Crippen LogP contribution in [0, 0.1) is 6.92 Å². The maximum absolute atomic E-state index is 11.7. The molecule has 128 valence electrons. The van der Waals surface area contributed by atoms with Crippen LogP contribution in [0.5, 0.6) is 5.75 Å². The van der Waals surface area contributed by atoms with Crippen molar-refractivity contribution in [3.8, 4) is 5.75 Å². The van der Waals surface area contributed by atoms with Crippen LogP contribution in [-0.4, -0.2) is 26.7 Å². The van der Waals surface area contributed by atoms with Gasteiger partial charge in [-0.15, -0.1) is 0 Å². The number of ether oxygens (including phenoxy) is 2. The SMILES string of the molecule is COC(=O)c1ccc(OC)c(CCNCc2cc(C)cc(Cl)c2)c1. The van der Waals surface area contributed by atoms with Gasteiger partial charge in [-0.25, -0.2) is 4.79 Å². The van der Waals surface area contributed by atoms with E-state index in [1.54, 1.807) is 19.2 Å². The Hall–Kier alpha value is -2.04. The summed E-state index contributed by atoms with van der Waals surface area (Å²) >= 11 is 6.07. The number of hydrogen-bond donors (Lipinski definition) is 1. The van der Waals surface area contributed by atoms with Crippen LogP contribution in [0.25, 0.3) is 0 Å². The Morgan fingerprint density at radius 2 is 1.96 bits per heavy atom. The van der Waals surface area contributed by atoms with Crippen molar-refractivity contribution < 1.29 is 14.3 Å². The van der Waals surface area contributed by atoms with E-state index < -0.39 is 0 Å². The summed E-state index contributed by atoms with van der Waals surface area (Å²) < 4.78 is 10.1. The van der Waals surface area contributed by atoms with E-state index in [4.69, 9.17) is 21.1 Å². The molecular formula is C19H22ClNO3. The molecule has 0 aliphatic rings. The molecule has 0 radical (unpaired) electrons. The predicted molar refractivity (Wildman–Crippen MR) is 95.9 cm³/mol. The van der Waals surface area contributed by atoms with Gasteiger partial charge in [-0.05, 0) is 66.9 Å². The van der Waals surface area contributed by atoms with Gasteiger partial charge in [0, 0.05) is 11.6 Å². The summed E-state index contributed by atoms with van der Waals surface area (Å²) in [6, 6.07) is 11.3. The molecule has 0 heterocycles. The monoisotopic (exact) mass is 347 g/mol. The zero-order valence-corrected chi connectivity index (χ0v) is 14.9.